The fourth-order valence-electron chi connectivity index (χ4n) is 3.86. The second kappa shape index (κ2) is 4.80. The van der Waals surface area contributed by atoms with Gasteiger partial charge in [-0.25, -0.2) is 0 Å². The van der Waals surface area contributed by atoms with Gasteiger partial charge in [-0.15, -0.1) is 0 Å². The summed E-state index contributed by atoms with van der Waals surface area (Å²) in [7, 11) is 2.07. The molecule has 2 fully saturated rings. The third kappa shape index (κ3) is 2.15. The highest BCUT2D eigenvalue weighted by Gasteiger charge is 2.49. The molecule has 2 aliphatic heterocycles. The average molecular weight is 280 g/mol. The number of benzene rings is 1. The number of piperidine rings is 1. The molecule has 102 valence electrons. The van der Waals surface area contributed by atoms with Crippen molar-refractivity contribution in [2.45, 2.75) is 37.3 Å². The van der Waals surface area contributed by atoms with Gasteiger partial charge in [-0.1, -0.05) is 23.7 Å². The molecule has 0 aromatic heterocycles. The zero-order chi connectivity index (χ0) is 13.6. The first kappa shape index (κ1) is 12.9. The Kier molecular flexibility index (Phi) is 3.27. The molecule has 0 aliphatic carbocycles. The van der Waals surface area contributed by atoms with E-state index in [0.717, 1.165) is 24.8 Å². The maximum atomic E-state index is 11.7. The Balaban J connectivity index is 1.95. The highest BCUT2D eigenvalue weighted by molar-refractivity contribution is 6.30. The molecule has 2 aliphatic rings. The highest BCUT2D eigenvalue weighted by atomic mass is 35.5. The Morgan fingerprint density at radius 3 is 2.63 bits per heavy atom. The van der Waals surface area contributed by atoms with Crippen molar-refractivity contribution in [1.29, 1.82) is 0 Å². The molecular formula is C15H18ClNO2. The molecule has 0 amide bonds. The predicted octanol–water partition coefficient (Wildman–Crippen LogP) is 2.99. The molecule has 1 N–H and O–H groups in total. The Hall–Kier alpha value is -1.06. The lowest BCUT2D eigenvalue weighted by atomic mass is 9.76. The molecule has 4 atom stereocenters. The molecule has 3 nitrogen and oxygen atoms in total. The van der Waals surface area contributed by atoms with Crippen LogP contribution in [0.1, 0.15) is 30.7 Å². The van der Waals surface area contributed by atoms with Crippen LogP contribution in [-0.2, 0) is 4.79 Å². The predicted molar refractivity (Wildman–Crippen MR) is 74.5 cm³/mol. The van der Waals surface area contributed by atoms with E-state index in [4.69, 9.17) is 11.6 Å². The van der Waals surface area contributed by atoms with Crippen molar-refractivity contribution < 1.29 is 9.90 Å². The monoisotopic (exact) mass is 279 g/mol. The van der Waals surface area contributed by atoms with Gasteiger partial charge in [-0.3, -0.25) is 9.69 Å². The minimum atomic E-state index is -0.669. The van der Waals surface area contributed by atoms with Crippen LogP contribution in [0.4, 0.5) is 0 Å². The van der Waals surface area contributed by atoms with E-state index in [1.54, 1.807) is 0 Å². The minimum Gasteiger partial charge on any atom is -0.481 e. The van der Waals surface area contributed by atoms with Crippen molar-refractivity contribution in [3.05, 3.63) is 34.9 Å². The van der Waals surface area contributed by atoms with E-state index >= 15 is 0 Å². The van der Waals surface area contributed by atoms with Crippen LogP contribution in [-0.4, -0.2) is 35.1 Å². The van der Waals surface area contributed by atoms with Gasteiger partial charge >= 0.3 is 5.97 Å². The second-order valence-electron chi connectivity index (χ2n) is 5.72. The van der Waals surface area contributed by atoms with Crippen LogP contribution in [0.3, 0.4) is 0 Å². The number of aliphatic carboxylic acids is 1. The number of fused-ring (bicyclic) bond motifs is 2. The van der Waals surface area contributed by atoms with E-state index in [0.29, 0.717) is 11.1 Å². The lowest BCUT2D eigenvalue weighted by molar-refractivity contribution is -0.146. The van der Waals surface area contributed by atoms with Crippen LogP contribution in [0, 0.1) is 5.92 Å². The number of carboxylic acid groups (broad SMARTS) is 1. The van der Waals surface area contributed by atoms with Gasteiger partial charge in [0.1, 0.15) is 0 Å². The van der Waals surface area contributed by atoms with Gasteiger partial charge in [0.25, 0.3) is 0 Å². The van der Waals surface area contributed by atoms with E-state index in [1.807, 2.05) is 24.3 Å². The van der Waals surface area contributed by atoms with Crippen molar-refractivity contribution in [2.24, 2.45) is 5.92 Å². The number of rotatable bonds is 2. The number of carbonyl (C=O) groups is 1. The fourth-order valence-corrected chi connectivity index (χ4v) is 3.98. The van der Waals surface area contributed by atoms with Crippen LogP contribution in [0.5, 0.6) is 0 Å². The second-order valence-corrected chi connectivity index (χ2v) is 6.16. The van der Waals surface area contributed by atoms with Crippen LogP contribution < -0.4 is 0 Å². The molecular weight excluding hydrogens is 262 g/mol. The third-order valence-corrected chi connectivity index (χ3v) is 5.10. The lowest BCUT2D eigenvalue weighted by Crippen LogP contribution is -2.48. The number of hydrogen-bond acceptors (Lipinski definition) is 2. The molecule has 2 heterocycles. The number of nitrogens with zero attached hydrogens (tertiary/aromatic N) is 1. The van der Waals surface area contributed by atoms with Gasteiger partial charge in [0.05, 0.1) is 5.92 Å². The van der Waals surface area contributed by atoms with Crippen molar-refractivity contribution in [3.8, 4) is 0 Å². The van der Waals surface area contributed by atoms with Gasteiger partial charge < -0.3 is 5.11 Å². The Labute approximate surface area is 118 Å². The topological polar surface area (TPSA) is 40.5 Å². The molecule has 3 unspecified atom stereocenters. The van der Waals surface area contributed by atoms with Gasteiger partial charge in [0.15, 0.2) is 0 Å². The third-order valence-electron chi connectivity index (χ3n) is 4.85. The quantitative estimate of drug-likeness (QED) is 0.905. The van der Waals surface area contributed by atoms with Crippen molar-refractivity contribution in [3.63, 3.8) is 0 Å². The molecule has 1 aromatic rings. The highest BCUT2D eigenvalue weighted by Crippen LogP contribution is 2.46. The first-order chi connectivity index (χ1) is 9.08. The Morgan fingerprint density at radius 1 is 1.32 bits per heavy atom. The van der Waals surface area contributed by atoms with E-state index in [-0.39, 0.29) is 17.9 Å². The average Bonchev–Trinajstić information content (AvgIpc) is 2.63. The summed E-state index contributed by atoms with van der Waals surface area (Å²) in [4.78, 5) is 14.0. The normalized spacial score (nSPS) is 34.4. The number of hydrogen-bond donors (Lipinski definition) is 1. The van der Waals surface area contributed by atoms with E-state index in [2.05, 4.69) is 11.9 Å². The summed E-state index contributed by atoms with van der Waals surface area (Å²) in [6.07, 6.45) is 3.06. The summed E-state index contributed by atoms with van der Waals surface area (Å²) in [5.74, 6) is -0.856. The Morgan fingerprint density at radius 2 is 2.00 bits per heavy atom. The van der Waals surface area contributed by atoms with Crippen molar-refractivity contribution in [2.75, 3.05) is 7.05 Å². The molecule has 0 spiro atoms. The molecule has 3 rings (SSSR count). The lowest BCUT2D eigenvalue weighted by Gasteiger charge is -2.41. The summed E-state index contributed by atoms with van der Waals surface area (Å²) < 4.78 is 0. The summed E-state index contributed by atoms with van der Waals surface area (Å²) in [5, 5.41) is 10.3. The maximum Gasteiger partial charge on any atom is 0.308 e. The number of halogens is 1. The van der Waals surface area contributed by atoms with Gasteiger partial charge in [0, 0.05) is 23.0 Å². The van der Waals surface area contributed by atoms with Crippen LogP contribution >= 0.6 is 11.6 Å². The molecule has 2 saturated heterocycles. The molecule has 1 aromatic carbocycles. The zero-order valence-corrected chi connectivity index (χ0v) is 11.7. The first-order valence-corrected chi connectivity index (χ1v) is 7.16. The van der Waals surface area contributed by atoms with Crippen molar-refractivity contribution >= 4 is 17.6 Å². The van der Waals surface area contributed by atoms with Crippen LogP contribution in [0.2, 0.25) is 5.02 Å². The smallest absolute Gasteiger partial charge is 0.308 e. The fraction of sp³-hybridized carbons (Fsp3) is 0.533. The summed E-state index contributed by atoms with van der Waals surface area (Å²) in [6.45, 7) is 0. The summed E-state index contributed by atoms with van der Waals surface area (Å²) >= 11 is 5.92. The minimum absolute atomic E-state index is 0.114. The maximum absolute atomic E-state index is 11.7. The van der Waals surface area contributed by atoms with Gasteiger partial charge in [-0.2, -0.15) is 0 Å². The van der Waals surface area contributed by atoms with Gasteiger partial charge in [0.2, 0.25) is 0 Å². The van der Waals surface area contributed by atoms with Crippen LogP contribution in [0.15, 0.2) is 24.3 Å². The summed E-state index contributed by atoms with van der Waals surface area (Å²) in [5.41, 5.74) is 1.11. The molecule has 4 heteroatoms. The molecule has 2 bridgehead atoms. The van der Waals surface area contributed by atoms with E-state index < -0.39 is 5.97 Å². The number of carboxylic acids is 1. The van der Waals surface area contributed by atoms with Crippen molar-refractivity contribution in [1.82, 2.24) is 4.90 Å². The molecule has 0 saturated carbocycles. The zero-order valence-electron chi connectivity index (χ0n) is 10.9. The first-order valence-electron chi connectivity index (χ1n) is 6.78. The standard InChI is InChI=1S/C15H18ClNO2/c1-17-11-6-7-13(17)14(15(18)19)12(8-11)9-2-4-10(16)5-3-9/h2-5,11-14H,6-8H2,1H3,(H,18,19)/t11?,12-,13?,14?/m0/s1. The Bertz CT molecular complexity index is 487. The largest absolute Gasteiger partial charge is 0.481 e. The molecule has 0 radical (unpaired) electrons. The van der Waals surface area contributed by atoms with Crippen LogP contribution in [0.25, 0.3) is 0 Å². The van der Waals surface area contributed by atoms with E-state index in [1.165, 1.54) is 0 Å². The SMILES string of the molecule is CN1C2CCC1C(C(=O)O)[C@H](c1ccc(Cl)cc1)C2. The van der Waals surface area contributed by atoms with E-state index in [9.17, 15) is 9.90 Å². The molecule has 19 heavy (non-hydrogen) atoms. The van der Waals surface area contributed by atoms with Gasteiger partial charge in [-0.05, 0) is 44.0 Å². The summed E-state index contributed by atoms with van der Waals surface area (Å²) in [6, 6.07) is 8.38.